The largest absolute Gasteiger partial charge is 0.495 e. The van der Waals surface area contributed by atoms with Crippen molar-refractivity contribution in [2.45, 2.75) is 65.6 Å². The van der Waals surface area contributed by atoms with Crippen molar-refractivity contribution in [3.8, 4) is 11.1 Å². The molecular weight excluding hydrogens is 567 g/mol. The first-order valence-corrected chi connectivity index (χ1v) is 15.8. The summed E-state index contributed by atoms with van der Waals surface area (Å²) in [5, 5.41) is 0. The maximum Gasteiger partial charge on any atom is 0.495 e. The maximum atomic E-state index is 13.3. The molecule has 2 aliphatic heterocycles. The summed E-state index contributed by atoms with van der Waals surface area (Å²) in [6, 6.07) is 16.7. The lowest BCUT2D eigenvalue weighted by Crippen LogP contribution is -2.50. The van der Waals surface area contributed by atoms with Crippen LogP contribution in [0.15, 0.2) is 48.5 Å². The van der Waals surface area contributed by atoms with Gasteiger partial charge in [-0.3, -0.25) is 0 Å². The Morgan fingerprint density at radius 2 is 1.36 bits per heavy atom. The fourth-order valence-corrected chi connectivity index (χ4v) is 7.22. The average Bonchev–Trinajstić information content (AvgIpc) is 3.44. The van der Waals surface area contributed by atoms with Crippen LogP contribution >= 0.6 is 0 Å². The molecule has 9 heteroatoms. The van der Waals surface area contributed by atoms with E-state index in [2.05, 4.69) is 36.1 Å². The molecule has 45 heavy (non-hydrogen) atoms. The number of amides is 1. The molecule has 0 N–H and O–H groups in total. The van der Waals surface area contributed by atoms with Gasteiger partial charge in [-0.1, -0.05) is 48.5 Å². The molecule has 8 nitrogen and oxygen atoms in total. The number of hydrogen-bond acceptors (Lipinski definition) is 7. The number of carbonyl (C=O) groups excluding carboxylic acids is 2. The van der Waals surface area contributed by atoms with Crippen LogP contribution in [0.2, 0.25) is 0 Å². The van der Waals surface area contributed by atoms with Gasteiger partial charge in [-0.15, -0.1) is 0 Å². The van der Waals surface area contributed by atoms with E-state index in [4.69, 9.17) is 18.8 Å². The Bertz CT molecular complexity index is 1600. The molecule has 2 fully saturated rings. The minimum atomic E-state index is -0.625. The van der Waals surface area contributed by atoms with Crippen LogP contribution in [0.1, 0.15) is 71.8 Å². The van der Waals surface area contributed by atoms with Gasteiger partial charge in [-0.05, 0) is 92.9 Å². The topological polar surface area (TPSA) is 77.5 Å². The third-order valence-electron chi connectivity index (χ3n) is 10.3. The summed E-state index contributed by atoms with van der Waals surface area (Å²) >= 11 is 0. The van der Waals surface area contributed by atoms with Crippen molar-refractivity contribution >= 4 is 30.3 Å². The molecule has 6 rings (SSSR count). The van der Waals surface area contributed by atoms with Gasteiger partial charge in [0.25, 0.3) is 0 Å². The van der Waals surface area contributed by atoms with Crippen LogP contribution in [0.4, 0.5) is 10.5 Å². The zero-order chi connectivity index (χ0) is 32.3. The molecule has 0 unspecified atom stereocenters. The molecule has 1 amide bonds. The second-order valence-corrected chi connectivity index (χ2v) is 13.4. The van der Waals surface area contributed by atoms with E-state index in [-0.39, 0.29) is 18.0 Å². The van der Waals surface area contributed by atoms with Gasteiger partial charge in [0.05, 0.1) is 23.9 Å². The zero-order valence-corrected chi connectivity index (χ0v) is 27.7. The maximum absolute atomic E-state index is 13.3. The van der Waals surface area contributed by atoms with Gasteiger partial charge in [0.15, 0.2) is 0 Å². The van der Waals surface area contributed by atoms with Crippen molar-refractivity contribution in [2.24, 2.45) is 0 Å². The van der Waals surface area contributed by atoms with Crippen molar-refractivity contribution in [2.75, 3.05) is 44.8 Å². The van der Waals surface area contributed by atoms with E-state index >= 15 is 0 Å². The number of ether oxygens (including phenoxy) is 2. The zero-order valence-electron chi connectivity index (χ0n) is 27.7. The number of esters is 1. The lowest BCUT2D eigenvalue weighted by molar-refractivity contribution is 0.00578. The van der Waals surface area contributed by atoms with Gasteiger partial charge in [-0.2, -0.15) is 0 Å². The first kappa shape index (κ1) is 31.2. The fourth-order valence-electron chi connectivity index (χ4n) is 7.22. The van der Waals surface area contributed by atoms with Gasteiger partial charge >= 0.3 is 19.2 Å². The van der Waals surface area contributed by atoms with Gasteiger partial charge < -0.3 is 28.6 Å². The molecule has 1 aliphatic carbocycles. The number of methoxy groups -OCH3 is 1. The van der Waals surface area contributed by atoms with E-state index < -0.39 is 18.3 Å². The number of nitrogens with zero attached hydrogens (tertiary/aromatic N) is 2. The van der Waals surface area contributed by atoms with Crippen LogP contribution in [-0.2, 0) is 18.8 Å². The molecule has 0 saturated carbocycles. The quantitative estimate of drug-likeness (QED) is 0.268. The Balaban J connectivity index is 1.20. The summed E-state index contributed by atoms with van der Waals surface area (Å²) in [6.45, 7) is 16.6. The van der Waals surface area contributed by atoms with Crippen molar-refractivity contribution in [1.29, 1.82) is 0 Å². The third kappa shape index (κ3) is 5.20. The number of fused-ring (bicyclic) bond motifs is 3. The van der Waals surface area contributed by atoms with Crippen molar-refractivity contribution in [3.05, 3.63) is 81.9 Å². The van der Waals surface area contributed by atoms with E-state index in [1.54, 1.807) is 4.90 Å². The van der Waals surface area contributed by atoms with Gasteiger partial charge in [0.2, 0.25) is 0 Å². The number of hydrogen-bond donors (Lipinski definition) is 0. The molecule has 0 spiro atoms. The normalized spacial score (nSPS) is 18.5. The highest BCUT2D eigenvalue weighted by Crippen LogP contribution is 2.44. The lowest BCUT2D eigenvalue weighted by atomic mass is 9.70. The number of carbonyl (C=O) groups is 2. The first-order chi connectivity index (χ1) is 21.4. The SMILES string of the molecule is COC(=O)c1c(C)c(B2OC(C)(C)C(C)(C)O2)c(C)c(N2CCN(C(=O)OCC3c4ccccc4-c4ccccc43)CC2)c1C. The lowest BCUT2D eigenvalue weighted by Gasteiger charge is -2.38. The Hall–Kier alpha value is -3.82. The third-order valence-corrected chi connectivity index (χ3v) is 10.3. The molecule has 3 aromatic carbocycles. The number of piperazine rings is 1. The number of rotatable bonds is 5. The highest BCUT2D eigenvalue weighted by atomic mass is 16.7. The monoisotopic (exact) mass is 610 g/mol. The Morgan fingerprint density at radius 3 is 1.89 bits per heavy atom. The van der Waals surface area contributed by atoms with Crippen molar-refractivity contribution in [3.63, 3.8) is 0 Å². The predicted octanol–water partition coefficient (Wildman–Crippen LogP) is 5.77. The van der Waals surface area contributed by atoms with Gasteiger partial charge in [0, 0.05) is 37.8 Å². The van der Waals surface area contributed by atoms with Gasteiger partial charge in [0.1, 0.15) is 6.61 Å². The van der Waals surface area contributed by atoms with Gasteiger partial charge in [-0.25, -0.2) is 9.59 Å². The van der Waals surface area contributed by atoms with Crippen LogP contribution in [0, 0.1) is 20.8 Å². The van der Waals surface area contributed by atoms with Crippen LogP contribution in [0.5, 0.6) is 0 Å². The summed E-state index contributed by atoms with van der Waals surface area (Å²) in [4.78, 5) is 30.5. The van der Waals surface area contributed by atoms with E-state index in [0.29, 0.717) is 38.3 Å². The predicted molar refractivity (Wildman–Crippen MR) is 177 cm³/mol. The molecule has 236 valence electrons. The van der Waals surface area contributed by atoms with E-state index in [1.807, 2.05) is 65.8 Å². The molecule has 3 aliphatic rings. The second-order valence-electron chi connectivity index (χ2n) is 13.4. The van der Waals surface area contributed by atoms with Crippen LogP contribution in [0.25, 0.3) is 11.1 Å². The van der Waals surface area contributed by atoms with E-state index in [9.17, 15) is 9.59 Å². The second kappa shape index (κ2) is 11.5. The number of benzene rings is 3. The molecule has 0 atom stereocenters. The first-order valence-electron chi connectivity index (χ1n) is 15.8. The average molecular weight is 611 g/mol. The van der Waals surface area contributed by atoms with Crippen LogP contribution in [0.3, 0.4) is 0 Å². The summed E-state index contributed by atoms with van der Waals surface area (Å²) in [6.07, 6.45) is -0.304. The summed E-state index contributed by atoms with van der Waals surface area (Å²) in [5.74, 6) is -0.369. The molecule has 0 aromatic heterocycles. The standard InChI is InChI=1S/C36H43BN2O6/c1-22-30(33(40)42-8)23(2)32(24(3)31(22)37-44-35(4,5)36(6,7)45-37)38-17-19-39(20-18-38)34(41)43-21-29-27-15-11-9-13-25(27)26-14-10-12-16-28(26)29/h9-16,29H,17-21H2,1-8H3. The molecule has 2 saturated heterocycles. The minimum absolute atomic E-state index is 0.0191. The Labute approximate surface area is 266 Å². The fraction of sp³-hybridized carbons (Fsp3) is 0.444. The summed E-state index contributed by atoms with van der Waals surface area (Å²) < 4.78 is 24.1. The summed E-state index contributed by atoms with van der Waals surface area (Å²) in [5.41, 5.74) is 8.75. The van der Waals surface area contributed by atoms with Crippen LogP contribution in [-0.4, -0.2) is 75.2 Å². The summed E-state index contributed by atoms with van der Waals surface area (Å²) in [7, 11) is 0.780. The van der Waals surface area contributed by atoms with Crippen molar-refractivity contribution in [1.82, 2.24) is 4.90 Å². The van der Waals surface area contributed by atoms with E-state index in [0.717, 1.165) is 27.8 Å². The number of anilines is 1. The minimum Gasteiger partial charge on any atom is -0.465 e. The van der Waals surface area contributed by atoms with Crippen molar-refractivity contribution < 1.29 is 28.4 Å². The molecule has 0 radical (unpaired) electrons. The molecule has 0 bridgehead atoms. The molecule has 3 aromatic rings. The Kier molecular flexibility index (Phi) is 7.98. The Morgan fingerprint density at radius 1 is 0.822 bits per heavy atom. The molecule has 2 heterocycles. The van der Waals surface area contributed by atoms with E-state index in [1.165, 1.54) is 29.4 Å². The highest BCUT2D eigenvalue weighted by Gasteiger charge is 2.53. The van der Waals surface area contributed by atoms with Crippen LogP contribution < -0.4 is 10.4 Å². The molecular formula is C36H43BN2O6. The smallest absolute Gasteiger partial charge is 0.465 e. The highest BCUT2D eigenvalue weighted by molar-refractivity contribution is 6.63.